The predicted molar refractivity (Wildman–Crippen MR) is 148 cm³/mol. The molecule has 0 spiro atoms. The predicted octanol–water partition coefficient (Wildman–Crippen LogP) is 3.35. The number of pyridine rings is 1. The molecule has 12 heteroatoms. The van der Waals surface area contributed by atoms with Gasteiger partial charge in [0.05, 0.1) is 13.2 Å². The van der Waals surface area contributed by atoms with Crippen LogP contribution in [0.5, 0.6) is 0 Å². The second kappa shape index (κ2) is 10.9. The summed E-state index contributed by atoms with van der Waals surface area (Å²) in [7, 11) is 1.27. The quantitative estimate of drug-likeness (QED) is 0.315. The summed E-state index contributed by atoms with van der Waals surface area (Å²) in [6, 6.07) is 13.0. The molecule has 3 aromatic heterocycles. The fraction of sp³-hybridized carbons (Fsp3) is 0.280. The molecular weight excluding hydrogens is 492 g/mol. The summed E-state index contributed by atoms with van der Waals surface area (Å²) in [5, 5.41) is 3.53. The molecule has 1 aromatic carbocycles. The van der Waals surface area contributed by atoms with E-state index in [9.17, 15) is 9.00 Å². The molecule has 0 saturated carbocycles. The first-order valence-corrected chi connectivity index (χ1v) is 13.8. The maximum Gasteiger partial charge on any atom is 0.278 e. The van der Waals surface area contributed by atoms with Gasteiger partial charge in [0.1, 0.15) is 5.39 Å². The zero-order valence-corrected chi connectivity index (χ0v) is 22.1. The summed E-state index contributed by atoms with van der Waals surface area (Å²) in [5.74, 6) is 1.03. The largest absolute Gasteiger partial charge is 0.383 e. The van der Waals surface area contributed by atoms with Crippen LogP contribution in [0.4, 0.5) is 23.1 Å². The third-order valence-electron chi connectivity index (χ3n) is 5.42. The van der Waals surface area contributed by atoms with Crippen molar-refractivity contribution >= 4 is 43.9 Å². The van der Waals surface area contributed by atoms with Crippen LogP contribution in [-0.4, -0.2) is 68.3 Å². The Balaban J connectivity index is 1.74. The molecule has 4 aromatic rings. The summed E-state index contributed by atoms with van der Waals surface area (Å²) < 4.78 is 24.6. The van der Waals surface area contributed by atoms with Crippen LogP contribution >= 0.6 is 0 Å². The van der Waals surface area contributed by atoms with Crippen molar-refractivity contribution in [2.75, 3.05) is 50.0 Å². The van der Waals surface area contributed by atoms with Gasteiger partial charge >= 0.3 is 0 Å². The number of methoxy groups -OCH3 is 1. The number of aromatic nitrogens is 5. The van der Waals surface area contributed by atoms with Crippen LogP contribution in [0.2, 0.25) is 0 Å². The van der Waals surface area contributed by atoms with Gasteiger partial charge in [-0.2, -0.15) is 9.35 Å². The van der Waals surface area contributed by atoms with Crippen molar-refractivity contribution in [3.05, 3.63) is 71.7 Å². The molecule has 0 atom stereocenters. The summed E-state index contributed by atoms with van der Waals surface area (Å²) in [5.41, 5.74) is 1.94. The highest BCUT2D eigenvalue weighted by Gasteiger charge is 2.18. The molecule has 3 heterocycles. The summed E-state index contributed by atoms with van der Waals surface area (Å²) >= 11 is 0. The molecule has 0 fully saturated rings. The Bertz CT molecular complexity index is 1590. The molecule has 0 unspecified atom stereocenters. The van der Waals surface area contributed by atoms with Crippen LogP contribution < -0.4 is 15.8 Å². The van der Waals surface area contributed by atoms with Gasteiger partial charge < -0.3 is 15.0 Å². The lowest BCUT2D eigenvalue weighted by Gasteiger charge is -2.19. The Hall–Kier alpha value is -4.03. The number of nitrogens with one attached hydrogen (secondary N) is 1. The van der Waals surface area contributed by atoms with E-state index in [0.717, 1.165) is 17.9 Å². The first-order valence-electron chi connectivity index (χ1n) is 11.5. The van der Waals surface area contributed by atoms with Crippen molar-refractivity contribution in [1.29, 1.82) is 0 Å². The van der Waals surface area contributed by atoms with E-state index in [-0.39, 0.29) is 12.1 Å². The molecule has 0 aliphatic heterocycles. The third kappa shape index (κ3) is 6.04. The molecule has 37 heavy (non-hydrogen) atoms. The van der Waals surface area contributed by atoms with Crippen LogP contribution in [-0.2, 0) is 21.0 Å². The van der Waals surface area contributed by atoms with Crippen LogP contribution in [0.25, 0.3) is 16.9 Å². The Labute approximate surface area is 215 Å². The van der Waals surface area contributed by atoms with Gasteiger partial charge in [-0.05, 0) is 36.4 Å². The third-order valence-corrected chi connectivity index (χ3v) is 6.05. The number of hydrogen-bond donors (Lipinski definition) is 1. The van der Waals surface area contributed by atoms with E-state index in [1.165, 1.54) is 23.4 Å². The number of anilines is 3. The van der Waals surface area contributed by atoms with E-state index in [4.69, 9.17) is 4.74 Å². The van der Waals surface area contributed by atoms with Gasteiger partial charge in [-0.25, -0.2) is 23.5 Å². The summed E-state index contributed by atoms with van der Waals surface area (Å²) in [6.07, 6.45) is 6.19. The monoisotopic (exact) mass is 522 g/mol. The minimum absolute atomic E-state index is 0.233. The van der Waals surface area contributed by atoms with Gasteiger partial charge in [0.25, 0.3) is 5.56 Å². The molecular formula is C25H30N8O3S. The molecule has 194 valence electrons. The standard InChI is InChI=1S/C25H30N8O3S/c1-6-14-32-24(34)20-17-26-25(27-18-10-12-19(13-11-18)31(2)15-16-36-3)29-23(20)33(32)22-9-7-8-21(28-22)30-37(4,5)35/h6-13,17H,1,14-16H2,2-5H3,(H,26,27,29). The first-order chi connectivity index (χ1) is 17.7. The number of ether oxygens (including phenoxy) is 1. The lowest BCUT2D eigenvalue weighted by molar-refractivity contribution is 0.206. The topological polar surface area (TPSA) is 120 Å². The highest BCUT2D eigenvalue weighted by atomic mass is 32.2. The maximum atomic E-state index is 13.2. The van der Waals surface area contributed by atoms with Crippen LogP contribution in [0.15, 0.2) is 70.5 Å². The number of nitrogens with zero attached hydrogens (tertiary/aromatic N) is 7. The van der Waals surface area contributed by atoms with Crippen molar-refractivity contribution in [3.63, 3.8) is 0 Å². The van der Waals surface area contributed by atoms with Crippen molar-refractivity contribution in [2.45, 2.75) is 6.54 Å². The number of hydrogen-bond acceptors (Lipinski definition) is 9. The average molecular weight is 523 g/mol. The highest BCUT2D eigenvalue weighted by molar-refractivity contribution is 7.92. The lowest BCUT2D eigenvalue weighted by Crippen LogP contribution is -2.22. The van der Waals surface area contributed by atoms with Gasteiger partial charge in [0, 0.05) is 60.5 Å². The molecule has 0 aliphatic carbocycles. The smallest absolute Gasteiger partial charge is 0.278 e. The number of allylic oxidation sites excluding steroid dienone is 1. The van der Waals surface area contributed by atoms with Crippen molar-refractivity contribution in [3.8, 4) is 5.82 Å². The fourth-order valence-corrected chi connectivity index (χ4v) is 4.25. The number of likely N-dealkylation sites (N-methyl/N-ethyl adjacent to an activating group) is 1. The molecule has 0 amide bonds. The molecule has 11 nitrogen and oxygen atoms in total. The average Bonchev–Trinajstić information content (AvgIpc) is 3.13. The Morgan fingerprint density at radius 3 is 2.62 bits per heavy atom. The normalized spacial score (nSPS) is 11.5. The van der Waals surface area contributed by atoms with E-state index >= 15 is 0 Å². The Morgan fingerprint density at radius 1 is 1.19 bits per heavy atom. The highest BCUT2D eigenvalue weighted by Crippen LogP contribution is 2.22. The molecule has 0 aliphatic rings. The number of benzene rings is 1. The van der Waals surface area contributed by atoms with Gasteiger partial charge in [-0.3, -0.25) is 4.79 Å². The second-order valence-corrected chi connectivity index (χ2v) is 11.2. The van der Waals surface area contributed by atoms with Crippen molar-refractivity contribution in [1.82, 2.24) is 24.3 Å². The first kappa shape index (κ1) is 26.0. The van der Waals surface area contributed by atoms with E-state index < -0.39 is 9.73 Å². The van der Waals surface area contributed by atoms with Crippen molar-refractivity contribution < 1.29 is 8.95 Å². The Morgan fingerprint density at radius 2 is 1.95 bits per heavy atom. The number of rotatable bonds is 10. The lowest BCUT2D eigenvalue weighted by atomic mass is 10.2. The number of fused-ring (bicyclic) bond motifs is 1. The maximum absolute atomic E-state index is 13.2. The van der Waals surface area contributed by atoms with Gasteiger partial charge in [0.2, 0.25) is 5.95 Å². The van der Waals surface area contributed by atoms with E-state index in [2.05, 4.69) is 36.1 Å². The van der Waals surface area contributed by atoms with Gasteiger partial charge in [-0.1, -0.05) is 12.1 Å². The van der Waals surface area contributed by atoms with Crippen LogP contribution in [0.3, 0.4) is 0 Å². The van der Waals surface area contributed by atoms with Crippen LogP contribution in [0.1, 0.15) is 0 Å². The van der Waals surface area contributed by atoms with Crippen molar-refractivity contribution in [2.24, 2.45) is 4.36 Å². The molecule has 0 radical (unpaired) electrons. The van der Waals surface area contributed by atoms with Gasteiger partial charge in [-0.15, -0.1) is 6.58 Å². The summed E-state index contributed by atoms with van der Waals surface area (Å²) in [6.45, 7) is 5.42. The second-order valence-electron chi connectivity index (χ2n) is 8.63. The molecule has 0 saturated heterocycles. The Kier molecular flexibility index (Phi) is 7.69. The van der Waals surface area contributed by atoms with E-state index in [1.54, 1.807) is 36.1 Å². The minimum Gasteiger partial charge on any atom is -0.383 e. The fourth-order valence-electron chi connectivity index (χ4n) is 3.70. The molecule has 4 rings (SSSR count). The zero-order chi connectivity index (χ0) is 26.6. The van der Waals surface area contributed by atoms with Crippen LogP contribution in [0, 0.1) is 0 Å². The van der Waals surface area contributed by atoms with Gasteiger partial charge in [0.15, 0.2) is 17.3 Å². The SMILES string of the molecule is C=CCn1c(=O)c2cnc(Nc3ccc(N(C)CCOC)cc3)nc2n1-c1cccc(N=S(C)(C)=O)n1. The minimum atomic E-state index is -2.41. The molecule has 1 N–H and O–H groups in total. The van der Waals surface area contributed by atoms with E-state index in [0.29, 0.717) is 35.2 Å². The summed E-state index contributed by atoms with van der Waals surface area (Å²) in [4.78, 5) is 28.8. The molecule has 0 bridgehead atoms. The van der Waals surface area contributed by atoms with E-state index in [1.807, 2.05) is 31.3 Å². The zero-order valence-electron chi connectivity index (χ0n) is 21.3.